The number of carbonyl (C=O) groups excluding carboxylic acids is 1. The Balaban J connectivity index is 1.90. The highest BCUT2D eigenvalue weighted by Gasteiger charge is 2.20. The van der Waals surface area contributed by atoms with Gasteiger partial charge >= 0.3 is 5.76 Å². The summed E-state index contributed by atoms with van der Waals surface area (Å²) in [6, 6.07) is 3.92. The maximum atomic E-state index is 12.3. The van der Waals surface area contributed by atoms with Crippen molar-refractivity contribution in [3.8, 4) is 0 Å². The van der Waals surface area contributed by atoms with E-state index in [-0.39, 0.29) is 23.7 Å². The van der Waals surface area contributed by atoms with Gasteiger partial charge in [-0.05, 0) is 25.3 Å². The first-order valence-corrected chi connectivity index (χ1v) is 7.12. The first kappa shape index (κ1) is 14.3. The van der Waals surface area contributed by atoms with Gasteiger partial charge in [-0.25, -0.2) is 4.79 Å². The highest BCUT2D eigenvalue weighted by Crippen LogP contribution is 2.20. The van der Waals surface area contributed by atoms with E-state index in [4.69, 9.17) is 4.42 Å². The van der Waals surface area contributed by atoms with Crippen molar-refractivity contribution in [2.45, 2.75) is 25.8 Å². The Morgan fingerprint density at radius 3 is 2.68 bits per heavy atom. The summed E-state index contributed by atoms with van der Waals surface area (Å²) < 4.78 is 6.23. The molecular formula is C14H15N3O5. The van der Waals surface area contributed by atoms with Crippen molar-refractivity contribution < 1.29 is 14.1 Å². The maximum absolute atomic E-state index is 12.3. The van der Waals surface area contributed by atoms with Crippen LogP contribution in [-0.2, 0) is 11.3 Å². The molecular weight excluding hydrogens is 290 g/mol. The summed E-state index contributed by atoms with van der Waals surface area (Å²) in [4.78, 5) is 36.1. The van der Waals surface area contributed by atoms with Gasteiger partial charge < -0.3 is 9.32 Å². The average molecular weight is 305 g/mol. The molecule has 0 saturated carbocycles. The first-order valence-electron chi connectivity index (χ1n) is 7.12. The number of nitro benzene ring substituents is 1. The quantitative estimate of drug-likeness (QED) is 0.632. The molecule has 1 saturated heterocycles. The van der Waals surface area contributed by atoms with E-state index in [2.05, 4.69) is 0 Å². The summed E-state index contributed by atoms with van der Waals surface area (Å²) in [6.07, 6.45) is 3.06. The van der Waals surface area contributed by atoms with Gasteiger partial charge in [-0.3, -0.25) is 19.5 Å². The molecule has 0 radical (unpaired) electrons. The van der Waals surface area contributed by atoms with Crippen LogP contribution in [0.4, 0.5) is 5.69 Å². The second kappa shape index (κ2) is 5.63. The molecule has 2 heterocycles. The van der Waals surface area contributed by atoms with Crippen LogP contribution >= 0.6 is 0 Å². The number of piperidine rings is 1. The van der Waals surface area contributed by atoms with Gasteiger partial charge in [0, 0.05) is 19.2 Å². The zero-order valence-corrected chi connectivity index (χ0v) is 11.9. The van der Waals surface area contributed by atoms with E-state index in [1.165, 1.54) is 22.8 Å². The van der Waals surface area contributed by atoms with Crippen molar-refractivity contribution >= 4 is 22.7 Å². The third-order valence-electron chi connectivity index (χ3n) is 3.86. The first-order chi connectivity index (χ1) is 10.6. The normalized spacial score (nSPS) is 15.2. The van der Waals surface area contributed by atoms with Crippen molar-refractivity contribution in [2.75, 3.05) is 13.1 Å². The molecule has 8 heteroatoms. The van der Waals surface area contributed by atoms with Crippen LogP contribution < -0.4 is 5.76 Å². The van der Waals surface area contributed by atoms with E-state index in [1.54, 1.807) is 4.90 Å². The number of rotatable bonds is 3. The number of nitrogens with zero attached hydrogens (tertiary/aromatic N) is 3. The molecule has 1 aliphatic heterocycles. The lowest BCUT2D eigenvalue weighted by Crippen LogP contribution is -2.39. The minimum atomic E-state index is -0.680. The lowest BCUT2D eigenvalue weighted by molar-refractivity contribution is -0.384. The van der Waals surface area contributed by atoms with Crippen molar-refractivity contribution in [1.82, 2.24) is 9.47 Å². The van der Waals surface area contributed by atoms with Crippen LogP contribution in [0.5, 0.6) is 0 Å². The highest BCUT2D eigenvalue weighted by molar-refractivity contribution is 5.80. The summed E-state index contributed by atoms with van der Waals surface area (Å²) in [5, 5.41) is 10.7. The standard InChI is InChI=1S/C14H15N3O5/c18-13(15-6-2-1-3-7-15)9-16-11-5-4-10(17(20)21)8-12(11)22-14(16)19/h4-5,8H,1-3,6-7,9H2. The summed E-state index contributed by atoms with van der Waals surface area (Å²) in [7, 11) is 0. The molecule has 1 aromatic heterocycles. The second-order valence-electron chi connectivity index (χ2n) is 5.30. The molecule has 116 valence electrons. The minimum Gasteiger partial charge on any atom is -0.407 e. The van der Waals surface area contributed by atoms with Gasteiger partial charge in [-0.1, -0.05) is 0 Å². The van der Waals surface area contributed by atoms with Gasteiger partial charge in [-0.2, -0.15) is 0 Å². The molecule has 0 atom stereocenters. The van der Waals surface area contributed by atoms with Crippen LogP contribution in [0.3, 0.4) is 0 Å². The Morgan fingerprint density at radius 1 is 1.27 bits per heavy atom. The number of hydrogen-bond donors (Lipinski definition) is 0. The smallest absolute Gasteiger partial charge is 0.407 e. The Morgan fingerprint density at radius 2 is 2.00 bits per heavy atom. The molecule has 22 heavy (non-hydrogen) atoms. The summed E-state index contributed by atoms with van der Waals surface area (Å²) >= 11 is 0. The Bertz CT molecular complexity index is 785. The third kappa shape index (κ3) is 2.59. The van der Waals surface area contributed by atoms with Gasteiger partial charge in [0.1, 0.15) is 6.54 Å². The molecule has 1 aromatic carbocycles. The van der Waals surface area contributed by atoms with Crippen molar-refractivity contribution in [1.29, 1.82) is 0 Å². The Kier molecular flexibility index (Phi) is 3.66. The third-order valence-corrected chi connectivity index (χ3v) is 3.86. The summed E-state index contributed by atoms with van der Waals surface area (Å²) in [6.45, 7) is 1.30. The van der Waals surface area contributed by atoms with Crippen LogP contribution in [0.25, 0.3) is 11.1 Å². The van der Waals surface area contributed by atoms with E-state index in [1.807, 2.05) is 0 Å². The van der Waals surface area contributed by atoms with Crippen LogP contribution in [-0.4, -0.2) is 33.4 Å². The molecule has 3 rings (SSSR count). The van der Waals surface area contributed by atoms with Crippen LogP contribution in [0.2, 0.25) is 0 Å². The fourth-order valence-corrected chi connectivity index (χ4v) is 2.70. The van der Waals surface area contributed by atoms with Gasteiger partial charge in [0.2, 0.25) is 5.91 Å². The average Bonchev–Trinajstić information content (AvgIpc) is 2.83. The van der Waals surface area contributed by atoms with Gasteiger partial charge in [0.15, 0.2) is 5.58 Å². The van der Waals surface area contributed by atoms with Crippen molar-refractivity contribution in [2.24, 2.45) is 0 Å². The predicted molar refractivity (Wildman–Crippen MR) is 77.6 cm³/mol. The number of benzene rings is 1. The number of amides is 1. The zero-order chi connectivity index (χ0) is 15.7. The van der Waals surface area contributed by atoms with Gasteiger partial charge in [0.25, 0.3) is 5.69 Å². The fraction of sp³-hybridized carbons (Fsp3) is 0.429. The van der Waals surface area contributed by atoms with Crippen LogP contribution in [0, 0.1) is 10.1 Å². The zero-order valence-electron chi connectivity index (χ0n) is 11.9. The number of aromatic nitrogens is 1. The van der Waals surface area contributed by atoms with E-state index in [0.717, 1.165) is 19.3 Å². The SMILES string of the molecule is O=C(Cn1c(=O)oc2cc([N+](=O)[O-])ccc21)N1CCCCC1. The number of oxazole rings is 1. The molecule has 0 unspecified atom stereocenters. The number of hydrogen-bond acceptors (Lipinski definition) is 5. The largest absolute Gasteiger partial charge is 0.420 e. The monoisotopic (exact) mass is 305 g/mol. The summed E-state index contributed by atoms with van der Waals surface area (Å²) in [5.41, 5.74) is 0.349. The molecule has 8 nitrogen and oxygen atoms in total. The molecule has 1 fully saturated rings. The molecule has 0 spiro atoms. The Labute approximate surface area is 125 Å². The molecule has 1 amide bonds. The molecule has 2 aromatic rings. The van der Waals surface area contributed by atoms with Crippen LogP contribution in [0.15, 0.2) is 27.4 Å². The van der Waals surface area contributed by atoms with Gasteiger partial charge in [-0.15, -0.1) is 0 Å². The topological polar surface area (TPSA) is 98.6 Å². The van der Waals surface area contributed by atoms with Gasteiger partial charge in [0.05, 0.1) is 16.5 Å². The number of likely N-dealkylation sites (tertiary alicyclic amines) is 1. The lowest BCUT2D eigenvalue weighted by atomic mass is 10.1. The number of carbonyl (C=O) groups is 1. The molecule has 1 aliphatic rings. The minimum absolute atomic E-state index is 0.107. The van der Waals surface area contributed by atoms with E-state index in [0.29, 0.717) is 18.6 Å². The second-order valence-corrected chi connectivity index (χ2v) is 5.30. The van der Waals surface area contributed by atoms with E-state index in [9.17, 15) is 19.7 Å². The highest BCUT2D eigenvalue weighted by atomic mass is 16.6. The molecule has 0 aliphatic carbocycles. The van der Waals surface area contributed by atoms with Crippen molar-refractivity contribution in [3.63, 3.8) is 0 Å². The summed E-state index contributed by atoms with van der Waals surface area (Å²) in [5.74, 6) is -0.816. The maximum Gasteiger partial charge on any atom is 0.420 e. The number of fused-ring (bicyclic) bond motifs is 1. The number of nitro groups is 1. The molecule has 0 bridgehead atoms. The molecule has 0 N–H and O–H groups in total. The number of non-ortho nitro benzene ring substituents is 1. The van der Waals surface area contributed by atoms with E-state index < -0.39 is 10.7 Å². The predicted octanol–water partition coefficient (Wildman–Crippen LogP) is 1.52. The fourth-order valence-electron chi connectivity index (χ4n) is 2.70. The van der Waals surface area contributed by atoms with E-state index >= 15 is 0 Å². The lowest BCUT2D eigenvalue weighted by Gasteiger charge is -2.26. The van der Waals surface area contributed by atoms with Crippen molar-refractivity contribution in [3.05, 3.63) is 38.9 Å². The van der Waals surface area contributed by atoms with Crippen LogP contribution in [0.1, 0.15) is 19.3 Å². The Hall–Kier alpha value is -2.64.